The van der Waals surface area contributed by atoms with Crippen LogP contribution in [0.3, 0.4) is 0 Å². The molecule has 0 unspecified atom stereocenters. The fraction of sp³-hybridized carbons (Fsp3) is 0.706. The van der Waals surface area contributed by atoms with E-state index in [-0.39, 0.29) is 0 Å². The van der Waals surface area contributed by atoms with Gasteiger partial charge in [-0.15, -0.1) is 0 Å². The van der Waals surface area contributed by atoms with Crippen LogP contribution in [0.2, 0.25) is 0 Å². The average Bonchev–Trinajstić information content (AvgIpc) is 3.03. The molecule has 0 aromatic carbocycles. The van der Waals surface area contributed by atoms with Gasteiger partial charge in [-0.1, -0.05) is 26.7 Å². The molecule has 1 N–H and O–H groups in total. The highest BCUT2D eigenvalue weighted by Crippen LogP contribution is 2.26. The summed E-state index contributed by atoms with van der Waals surface area (Å²) < 4.78 is 5.65. The third-order valence-corrected chi connectivity index (χ3v) is 4.39. The summed E-state index contributed by atoms with van der Waals surface area (Å²) in [7, 11) is 0. The average molecular weight is 293 g/mol. The molecule has 1 aliphatic carbocycles. The number of aromatic carboxylic acids is 1. The van der Waals surface area contributed by atoms with Gasteiger partial charge in [0.25, 0.3) is 0 Å². The van der Waals surface area contributed by atoms with Crippen LogP contribution in [0, 0.1) is 12.8 Å². The van der Waals surface area contributed by atoms with Crippen LogP contribution in [-0.2, 0) is 6.54 Å². The first-order valence-corrected chi connectivity index (χ1v) is 8.04. The van der Waals surface area contributed by atoms with Crippen LogP contribution in [-0.4, -0.2) is 28.6 Å². The summed E-state index contributed by atoms with van der Waals surface area (Å²) in [5, 5.41) is 9.13. The summed E-state index contributed by atoms with van der Waals surface area (Å²) in [4.78, 5) is 13.6. The van der Waals surface area contributed by atoms with Crippen LogP contribution in [0.1, 0.15) is 67.8 Å². The van der Waals surface area contributed by atoms with Gasteiger partial charge in [0.15, 0.2) is 0 Å². The van der Waals surface area contributed by atoms with Gasteiger partial charge < -0.3 is 9.52 Å². The standard InChI is InChI=1S/C17H27NO3/c1-12(2)8-9-18(14-6-4-5-7-14)11-15-10-16(17(19)20)13(3)21-15/h10,12,14H,4-9,11H2,1-3H3,(H,19,20). The molecule has 0 aliphatic heterocycles. The maximum atomic E-state index is 11.1. The van der Waals surface area contributed by atoms with Crippen molar-refractivity contribution < 1.29 is 14.3 Å². The van der Waals surface area contributed by atoms with Crippen LogP contribution in [0.4, 0.5) is 0 Å². The summed E-state index contributed by atoms with van der Waals surface area (Å²) >= 11 is 0. The van der Waals surface area contributed by atoms with E-state index < -0.39 is 5.97 Å². The Morgan fingerprint density at radius 3 is 2.62 bits per heavy atom. The Balaban J connectivity index is 2.06. The molecule has 1 aromatic heterocycles. The number of nitrogens with zero attached hydrogens (tertiary/aromatic N) is 1. The number of carbonyl (C=O) groups is 1. The number of carboxylic acids is 1. The zero-order chi connectivity index (χ0) is 15.4. The van der Waals surface area contributed by atoms with Crippen molar-refractivity contribution in [2.75, 3.05) is 6.54 Å². The van der Waals surface area contributed by atoms with E-state index in [9.17, 15) is 4.79 Å². The van der Waals surface area contributed by atoms with E-state index in [4.69, 9.17) is 9.52 Å². The largest absolute Gasteiger partial charge is 0.478 e. The SMILES string of the molecule is Cc1oc(CN(CCC(C)C)C2CCCC2)cc1C(=O)O. The van der Waals surface area contributed by atoms with Crippen LogP contribution in [0.25, 0.3) is 0 Å². The molecule has 4 heteroatoms. The lowest BCUT2D eigenvalue weighted by Crippen LogP contribution is -2.34. The fourth-order valence-electron chi connectivity index (χ4n) is 3.12. The van der Waals surface area contributed by atoms with Crippen molar-refractivity contribution in [2.45, 2.75) is 65.5 Å². The van der Waals surface area contributed by atoms with Gasteiger partial charge in [0.2, 0.25) is 0 Å². The highest BCUT2D eigenvalue weighted by atomic mass is 16.4. The Labute approximate surface area is 127 Å². The normalized spacial score (nSPS) is 16.2. The van der Waals surface area contributed by atoms with E-state index in [1.165, 1.54) is 32.1 Å². The first kappa shape index (κ1) is 16.1. The molecule has 118 valence electrons. The Morgan fingerprint density at radius 1 is 1.43 bits per heavy atom. The van der Waals surface area contributed by atoms with Crippen molar-refractivity contribution in [2.24, 2.45) is 5.92 Å². The number of hydrogen-bond donors (Lipinski definition) is 1. The van der Waals surface area contributed by atoms with Crippen molar-refractivity contribution in [1.29, 1.82) is 0 Å². The van der Waals surface area contributed by atoms with E-state index in [0.29, 0.717) is 23.3 Å². The number of furan rings is 1. The second kappa shape index (κ2) is 7.12. The smallest absolute Gasteiger partial charge is 0.339 e. The van der Waals surface area contributed by atoms with E-state index >= 15 is 0 Å². The Hall–Kier alpha value is -1.29. The predicted octanol–water partition coefficient (Wildman–Crippen LogP) is 4.08. The van der Waals surface area contributed by atoms with E-state index in [1.807, 2.05) is 0 Å². The topological polar surface area (TPSA) is 53.7 Å². The summed E-state index contributed by atoms with van der Waals surface area (Å²) in [6.45, 7) is 8.00. The second-order valence-electron chi connectivity index (χ2n) is 6.58. The zero-order valence-electron chi connectivity index (χ0n) is 13.4. The molecule has 1 aromatic rings. The Morgan fingerprint density at radius 2 is 2.10 bits per heavy atom. The maximum Gasteiger partial charge on any atom is 0.339 e. The molecule has 0 spiro atoms. The van der Waals surface area contributed by atoms with Crippen molar-refractivity contribution in [3.8, 4) is 0 Å². The van der Waals surface area contributed by atoms with Gasteiger partial charge in [-0.3, -0.25) is 4.90 Å². The van der Waals surface area contributed by atoms with Gasteiger partial charge in [-0.2, -0.15) is 0 Å². The lowest BCUT2D eigenvalue weighted by molar-refractivity contribution is 0.0695. The minimum absolute atomic E-state index is 0.292. The van der Waals surface area contributed by atoms with Crippen LogP contribution in [0.5, 0.6) is 0 Å². The first-order chi connectivity index (χ1) is 9.97. The predicted molar refractivity (Wildman–Crippen MR) is 82.5 cm³/mol. The molecule has 1 fully saturated rings. The van der Waals surface area contributed by atoms with Gasteiger partial charge in [-0.25, -0.2) is 4.79 Å². The fourth-order valence-corrected chi connectivity index (χ4v) is 3.12. The molecule has 0 radical (unpaired) electrons. The monoisotopic (exact) mass is 293 g/mol. The van der Waals surface area contributed by atoms with Gasteiger partial charge >= 0.3 is 5.97 Å². The van der Waals surface area contributed by atoms with E-state index in [2.05, 4.69) is 18.7 Å². The molecule has 1 aliphatic rings. The van der Waals surface area contributed by atoms with Crippen LogP contribution < -0.4 is 0 Å². The summed E-state index contributed by atoms with van der Waals surface area (Å²) in [6.07, 6.45) is 6.29. The molecular formula is C17H27NO3. The van der Waals surface area contributed by atoms with Crippen LogP contribution >= 0.6 is 0 Å². The minimum Gasteiger partial charge on any atom is -0.478 e. The lowest BCUT2D eigenvalue weighted by Gasteiger charge is -2.28. The highest BCUT2D eigenvalue weighted by molar-refractivity contribution is 5.88. The van der Waals surface area contributed by atoms with Crippen LogP contribution in [0.15, 0.2) is 10.5 Å². The molecule has 4 nitrogen and oxygen atoms in total. The lowest BCUT2D eigenvalue weighted by atomic mass is 10.1. The molecule has 1 saturated carbocycles. The molecule has 0 atom stereocenters. The molecule has 0 saturated heterocycles. The number of hydrogen-bond acceptors (Lipinski definition) is 3. The first-order valence-electron chi connectivity index (χ1n) is 8.04. The third-order valence-electron chi connectivity index (χ3n) is 4.39. The number of rotatable bonds is 7. The minimum atomic E-state index is -0.905. The molecule has 0 bridgehead atoms. The van der Waals surface area contributed by atoms with E-state index in [0.717, 1.165) is 18.8 Å². The second-order valence-corrected chi connectivity index (χ2v) is 6.58. The molecule has 1 heterocycles. The molecule has 21 heavy (non-hydrogen) atoms. The highest BCUT2D eigenvalue weighted by Gasteiger charge is 2.24. The Kier molecular flexibility index (Phi) is 5.45. The quantitative estimate of drug-likeness (QED) is 0.823. The number of carboxylic acid groups (broad SMARTS) is 1. The van der Waals surface area contributed by atoms with Crippen molar-refractivity contribution in [3.05, 3.63) is 23.2 Å². The van der Waals surface area contributed by atoms with Gasteiger partial charge in [0, 0.05) is 6.04 Å². The third kappa shape index (κ3) is 4.34. The number of aryl methyl sites for hydroxylation is 1. The molecule has 0 amide bonds. The maximum absolute atomic E-state index is 11.1. The summed E-state index contributed by atoms with van der Waals surface area (Å²) in [6, 6.07) is 2.32. The van der Waals surface area contributed by atoms with Crippen molar-refractivity contribution >= 4 is 5.97 Å². The van der Waals surface area contributed by atoms with Gasteiger partial charge in [-0.05, 0) is 44.7 Å². The molecule has 2 rings (SSSR count). The van der Waals surface area contributed by atoms with Gasteiger partial charge in [0.05, 0.1) is 6.54 Å². The molecular weight excluding hydrogens is 266 g/mol. The zero-order valence-corrected chi connectivity index (χ0v) is 13.4. The van der Waals surface area contributed by atoms with Crippen molar-refractivity contribution in [3.63, 3.8) is 0 Å². The van der Waals surface area contributed by atoms with E-state index in [1.54, 1.807) is 13.0 Å². The van der Waals surface area contributed by atoms with Crippen molar-refractivity contribution in [1.82, 2.24) is 4.90 Å². The van der Waals surface area contributed by atoms with Gasteiger partial charge in [0.1, 0.15) is 17.1 Å². The summed E-state index contributed by atoms with van der Waals surface area (Å²) in [5.41, 5.74) is 0.292. The Bertz CT molecular complexity index is 472. The summed E-state index contributed by atoms with van der Waals surface area (Å²) in [5.74, 6) is 1.06.